The maximum Gasteiger partial charge on any atom is 0.267 e. The quantitative estimate of drug-likeness (QED) is 0.844. The largest absolute Gasteiger partial charge is 0.481 e. The van der Waals surface area contributed by atoms with Crippen LogP contribution in [0.15, 0.2) is 28.8 Å². The lowest BCUT2D eigenvalue weighted by Gasteiger charge is -2.13. The van der Waals surface area contributed by atoms with E-state index in [1.807, 2.05) is 45.2 Å². The van der Waals surface area contributed by atoms with Gasteiger partial charge < -0.3 is 14.6 Å². The van der Waals surface area contributed by atoms with E-state index in [1.54, 1.807) is 0 Å². The van der Waals surface area contributed by atoms with E-state index >= 15 is 0 Å². The Kier molecular flexibility index (Phi) is 7.35. The Hall–Kier alpha value is -1.59. The van der Waals surface area contributed by atoms with Crippen molar-refractivity contribution in [2.45, 2.75) is 45.8 Å². The van der Waals surface area contributed by atoms with Crippen LogP contribution < -0.4 is 10.1 Å². The van der Waals surface area contributed by atoms with Gasteiger partial charge in [-0.1, -0.05) is 24.2 Å². The summed E-state index contributed by atoms with van der Waals surface area (Å²) in [5.74, 6) is 2.07. The highest BCUT2D eigenvalue weighted by Gasteiger charge is 2.19. The Labute approximate surface area is 137 Å². The number of hydrogen-bond acceptors (Lipinski definition) is 5. The van der Waals surface area contributed by atoms with Crippen molar-refractivity contribution in [2.75, 3.05) is 7.05 Å². The van der Waals surface area contributed by atoms with Crippen molar-refractivity contribution in [1.29, 1.82) is 0 Å². The van der Waals surface area contributed by atoms with Crippen LogP contribution in [0.2, 0.25) is 0 Å². The Balaban J connectivity index is 0.00000242. The van der Waals surface area contributed by atoms with Crippen LogP contribution in [-0.2, 0) is 6.42 Å². The maximum absolute atomic E-state index is 5.96. The average molecular weight is 326 g/mol. The summed E-state index contributed by atoms with van der Waals surface area (Å²) >= 11 is 0. The molecule has 1 N–H and O–H groups in total. The predicted octanol–water partition coefficient (Wildman–Crippen LogP) is 3.48. The van der Waals surface area contributed by atoms with E-state index in [0.29, 0.717) is 17.8 Å². The molecule has 2 rings (SSSR count). The highest BCUT2D eigenvalue weighted by molar-refractivity contribution is 5.85. The number of benzene rings is 1. The highest BCUT2D eigenvalue weighted by atomic mass is 35.5. The molecule has 0 fully saturated rings. The van der Waals surface area contributed by atoms with Crippen LogP contribution in [0, 0.1) is 6.92 Å². The summed E-state index contributed by atoms with van der Waals surface area (Å²) in [6.07, 6.45) is 1.30. The van der Waals surface area contributed by atoms with Gasteiger partial charge in [0.25, 0.3) is 5.89 Å². The van der Waals surface area contributed by atoms with Gasteiger partial charge in [-0.2, -0.15) is 4.98 Å². The van der Waals surface area contributed by atoms with Gasteiger partial charge in [0.1, 0.15) is 5.75 Å². The van der Waals surface area contributed by atoms with Gasteiger partial charge in [0.15, 0.2) is 11.9 Å². The van der Waals surface area contributed by atoms with Crippen LogP contribution in [-0.4, -0.2) is 23.2 Å². The zero-order valence-corrected chi connectivity index (χ0v) is 14.3. The van der Waals surface area contributed by atoms with Crippen LogP contribution in [0.25, 0.3) is 0 Å². The summed E-state index contributed by atoms with van der Waals surface area (Å²) in [6, 6.07) is 8.27. The number of halogens is 1. The average Bonchev–Trinajstić information content (AvgIpc) is 2.93. The van der Waals surface area contributed by atoms with Crippen molar-refractivity contribution in [1.82, 2.24) is 15.5 Å². The lowest BCUT2D eigenvalue weighted by atomic mass is 10.2. The first kappa shape index (κ1) is 18.5. The molecule has 1 heterocycles. The fourth-order valence-electron chi connectivity index (χ4n) is 2.02. The van der Waals surface area contributed by atoms with E-state index in [2.05, 4.69) is 22.4 Å². The zero-order chi connectivity index (χ0) is 15.2. The Morgan fingerprint density at radius 2 is 2.14 bits per heavy atom. The fourth-order valence-corrected chi connectivity index (χ4v) is 2.02. The summed E-state index contributed by atoms with van der Waals surface area (Å²) in [6.45, 7) is 6.16. The summed E-state index contributed by atoms with van der Waals surface area (Å²) in [5, 5.41) is 7.19. The van der Waals surface area contributed by atoms with Gasteiger partial charge in [-0.05, 0) is 45.0 Å². The van der Waals surface area contributed by atoms with Crippen LogP contribution in [0.3, 0.4) is 0 Å². The normalized spacial score (nSPS) is 13.3. The molecule has 0 saturated heterocycles. The Morgan fingerprint density at radius 3 is 2.77 bits per heavy atom. The van der Waals surface area contributed by atoms with Crippen molar-refractivity contribution in [3.63, 3.8) is 0 Å². The van der Waals surface area contributed by atoms with Gasteiger partial charge in [0, 0.05) is 12.5 Å². The fraction of sp³-hybridized carbons (Fsp3) is 0.500. The molecule has 0 aliphatic rings. The van der Waals surface area contributed by atoms with Crippen molar-refractivity contribution in [2.24, 2.45) is 0 Å². The maximum atomic E-state index is 5.96. The number of likely N-dealkylation sites (N-methyl/N-ethyl adjacent to an activating group) is 1. The Bertz CT molecular complexity index is 574. The van der Waals surface area contributed by atoms with Gasteiger partial charge in [0.05, 0.1) is 0 Å². The standard InChI is InChI=1S/C16H23N3O2.ClH/c1-5-14(20-13-8-6-7-11(2)9-13)16-18-15(19-21-16)10-12(3)17-4;/h6-9,12,14,17H,5,10H2,1-4H3;1H. The minimum atomic E-state index is -0.210. The molecule has 0 bridgehead atoms. The lowest BCUT2D eigenvalue weighted by Crippen LogP contribution is -2.24. The minimum absolute atomic E-state index is 0. The van der Waals surface area contributed by atoms with Crippen molar-refractivity contribution >= 4 is 12.4 Å². The molecule has 2 aromatic rings. The summed E-state index contributed by atoms with van der Waals surface area (Å²) < 4.78 is 11.3. The minimum Gasteiger partial charge on any atom is -0.481 e. The third-order valence-electron chi connectivity index (χ3n) is 3.38. The molecular weight excluding hydrogens is 302 g/mol. The molecular formula is C16H24ClN3O2. The van der Waals surface area contributed by atoms with Gasteiger partial charge >= 0.3 is 0 Å². The van der Waals surface area contributed by atoms with E-state index in [0.717, 1.165) is 24.2 Å². The van der Waals surface area contributed by atoms with Crippen LogP contribution in [0.5, 0.6) is 5.75 Å². The number of ether oxygens (including phenoxy) is 1. The van der Waals surface area contributed by atoms with Crippen LogP contribution in [0.1, 0.15) is 43.7 Å². The second-order valence-corrected chi connectivity index (χ2v) is 5.27. The van der Waals surface area contributed by atoms with E-state index in [4.69, 9.17) is 9.26 Å². The number of nitrogens with one attached hydrogen (secondary N) is 1. The molecule has 0 saturated carbocycles. The number of aryl methyl sites for hydroxylation is 1. The molecule has 2 atom stereocenters. The van der Waals surface area contributed by atoms with Crippen LogP contribution in [0.4, 0.5) is 0 Å². The summed E-state index contributed by atoms with van der Waals surface area (Å²) in [7, 11) is 1.92. The van der Waals surface area contributed by atoms with E-state index < -0.39 is 0 Å². The molecule has 0 spiro atoms. The first-order valence-electron chi connectivity index (χ1n) is 7.35. The first-order valence-corrected chi connectivity index (χ1v) is 7.35. The number of rotatable bonds is 7. The van der Waals surface area contributed by atoms with Gasteiger partial charge in [-0.25, -0.2) is 0 Å². The molecule has 1 aromatic carbocycles. The summed E-state index contributed by atoms with van der Waals surface area (Å²) in [5.41, 5.74) is 1.16. The molecule has 2 unspecified atom stereocenters. The van der Waals surface area contributed by atoms with Gasteiger partial charge in [-0.15, -0.1) is 12.4 Å². The van der Waals surface area contributed by atoms with Gasteiger partial charge in [0.2, 0.25) is 0 Å². The third kappa shape index (κ3) is 5.00. The predicted molar refractivity (Wildman–Crippen MR) is 88.6 cm³/mol. The Morgan fingerprint density at radius 1 is 1.36 bits per heavy atom. The SMILES string of the molecule is CCC(Oc1cccc(C)c1)c1nc(CC(C)NC)no1.Cl. The second kappa shape index (κ2) is 8.76. The molecule has 1 aromatic heterocycles. The highest BCUT2D eigenvalue weighted by Crippen LogP contribution is 2.24. The lowest BCUT2D eigenvalue weighted by molar-refractivity contribution is 0.154. The van der Waals surface area contributed by atoms with Crippen molar-refractivity contribution < 1.29 is 9.26 Å². The molecule has 122 valence electrons. The van der Waals surface area contributed by atoms with E-state index in [1.165, 1.54) is 0 Å². The third-order valence-corrected chi connectivity index (χ3v) is 3.38. The second-order valence-electron chi connectivity index (χ2n) is 5.27. The summed E-state index contributed by atoms with van der Waals surface area (Å²) in [4.78, 5) is 4.45. The molecule has 5 nitrogen and oxygen atoms in total. The monoisotopic (exact) mass is 325 g/mol. The first-order chi connectivity index (χ1) is 10.1. The van der Waals surface area contributed by atoms with E-state index in [-0.39, 0.29) is 18.5 Å². The van der Waals surface area contributed by atoms with Crippen molar-refractivity contribution in [3.8, 4) is 5.75 Å². The topological polar surface area (TPSA) is 60.2 Å². The molecule has 0 aliphatic heterocycles. The van der Waals surface area contributed by atoms with E-state index in [9.17, 15) is 0 Å². The van der Waals surface area contributed by atoms with Crippen LogP contribution >= 0.6 is 12.4 Å². The number of nitrogens with zero attached hydrogens (tertiary/aromatic N) is 2. The molecule has 22 heavy (non-hydrogen) atoms. The van der Waals surface area contributed by atoms with Gasteiger partial charge in [-0.3, -0.25) is 0 Å². The number of hydrogen-bond donors (Lipinski definition) is 1. The zero-order valence-electron chi connectivity index (χ0n) is 13.5. The molecule has 6 heteroatoms. The molecule has 0 radical (unpaired) electrons. The number of aromatic nitrogens is 2. The molecule has 0 amide bonds. The smallest absolute Gasteiger partial charge is 0.267 e. The molecule has 0 aliphatic carbocycles. The van der Waals surface area contributed by atoms with Crippen molar-refractivity contribution in [3.05, 3.63) is 41.5 Å².